The van der Waals surface area contributed by atoms with Crippen LogP contribution in [0.3, 0.4) is 0 Å². The number of carbonyl (C=O) groups excluding carboxylic acids is 2. The Kier molecular flexibility index (Phi) is 5.43. The standard InChI is InChI=1S/C23H16N2O3S3/c26-21(11-12-24-22(27)20(31-23(24)29)14-15-6-5-13-28-15)25-16-7-1-3-9-18(16)30-19-10-4-2-8-17(19)25/h1-10,13-14H,11-12H2/b20-14-. The summed E-state index contributed by atoms with van der Waals surface area (Å²) in [6, 6.07) is 19.2. The average Bonchev–Trinajstić information content (AvgIpc) is 3.38. The number of thiocarbonyl (C=S) groups is 1. The fourth-order valence-corrected chi connectivity index (χ4v) is 5.83. The van der Waals surface area contributed by atoms with Gasteiger partial charge in [0.05, 0.1) is 22.5 Å². The van der Waals surface area contributed by atoms with E-state index in [2.05, 4.69) is 0 Å². The second-order valence-corrected chi connectivity index (χ2v) is 9.62. The molecule has 1 fully saturated rings. The molecule has 0 unspecified atom stereocenters. The minimum absolute atomic E-state index is 0.0794. The molecule has 0 spiro atoms. The summed E-state index contributed by atoms with van der Waals surface area (Å²) < 4.78 is 5.74. The molecule has 5 rings (SSSR count). The summed E-state index contributed by atoms with van der Waals surface area (Å²) in [4.78, 5) is 31.9. The lowest BCUT2D eigenvalue weighted by molar-refractivity contribution is -0.123. The maximum absolute atomic E-state index is 13.3. The Hall–Kier alpha value is -2.81. The van der Waals surface area contributed by atoms with E-state index in [4.69, 9.17) is 16.6 Å². The number of rotatable bonds is 4. The number of anilines is 2. The van der Waals surface area contributed by atoms with Crippen molar-refractivity contribution in [1.82, 2.24) is 4.90 Å². The monoisotopic (exact) mass is 464 g/mol. The summed E-state index contributed by atoms with van der Waals surface area (Å²) in [5.74, 6) is 0.314. The molecule has 3 aromatic rings. The number of benzene rings is 2. The highest BCUT2D eigenvalue weighted by Crippen LogP contribution is 2.48. The van der Waals surface area contributed by atoms with Crippen LogP contribution in [0.15, 0.2) is 86.0 Å². The van der Waals surface area contributed by atoms with Gasteiger partial charge in [-0.15, -0.1) is 0 Å². The number of hydrogen-bond acceptors (Lipinski definition) is 6. The minimum Gasteiger partial charge on any atom is -0.465 e. The Balaban J connectivity index is 1.36. The third-order valence-corrected chi connectivity index (χ3v) is 7.43. The molecule has 2 aromatic carbocycles. The van der Waals surface area contributed by atoms with Crippen LogP contribution >= 0.6 is 35.7 Å². The number of nitrogens with zero attached hydrogens (tertiary/aromatic N) is 2. The summed E-state index contributed by atoms with van der Waals surface area (Å²) in [5.41, 5.74) is 1.72. The fraction of sp³-hybridized carbons (Fsp3) is 0.0870. The SMILES string of the molecule is O=C1/C(=C/c2ccco2)SC(=S)N1CCC(=O)N1c2ccccc2Sc2ccccc21. The Morgan fingerprint density at radius 1 is 0.968 bits per heavy atom. The second kappa shape index (κ2) is 8.37. The van der Waals surface area contributed by atoms with Crippen LogP contribution in [-0.2, 0) is 9.59 Å². The summed E-state index contributed by atoms with van der Waals surface area (Å²) in [6.45, 7) is 0.229. The fourth-order valence-electron chi connectivity index (χ4n) is 3.49. The van der Waals surface area contributed by atoms with Crippen LogP contribution < -0.4 is 4.90 Å². The zero-order valence-electron chi connectivity index (χ0n) is 16.2. The van der Waals surface area contributed by atoms with E-state index in [-0.39, 0.29) is 24.8 Å². The highest BCUT2D eigenvalue weighted by Gasteiger charge is 2.34. The Bertz CT molecular complexity index is 1170. The van der Waals surface area contributed by atoms with E-state index in [1.54, 1.807) is 41.1 Å². The smallest absolute Gasteiger partial charge is 0.266 e. The van der Waals surface area contributed by atoms with Gasteiger partial charge in [0.2, 0.25) is 5.91 Å². The Labute approximate surface area is 193 Å². The molecule has 0 radical (unpaired) electrons. The molecule has 2 amide bonds. The lowest BCUT2D eigenvalue weighted by Crippen LogP contribution is -2.35. The summed E-state index contributed by atoms with van der Waals surface area (Å²) in [6.07, 6.45) is 3.39. The van der Waals surface area contributed by atoms with Crippen LogP contribution in [0.25, 0.3) is 6.08 Å². The first kappa shape index (κ1) is 20.1. The van der Waals surface area contributed by atoms with Crippen LogP contribution in [-0.4, -0.2) is 27.6 Å². The molecule has 31 heavy (non-hydrogen) atoms. The lowest BCUT2D eigenvalue weighted by Gasteiger charge is -2.31. The van der Waals surface area contributed by atoms with E-state index in [0.717, 1.165) is 21.2 Å². The van der Waals surface area contributed by atoms with Crippen molar-refractivity contribution < 1.29 is 14.0 Å². The summed E-state index contributed by atoms with van der Waals surface area (Å²) in [5, 5.41) is 0. The number of carbonyl (C=O) groups is 2. The third kappa shape index (κ3) is 3.82. The molecular formula is C23H16N2O3S3. The summed E-state index contributed by atoms with van der Waals surface area (Å²) >= 11 is 8.27. The maximum Gasteiger partial charge on any atom is 0.266 e. The van der Waals surface area contributed by atoms with Crippen LogP contribution in [0, 0.1) is 0 Å². The number of furan rings is 1. The number of para-hydroxylation sites is 2. The molecule has 0 atom stereocenters. The molecule has 1 aromatic heterocycles. The van der Waals surface area contributed by atoms with Gasteiger partial charge in [-0.3, -0.25) is 19.4 Å². The molecule has 0 saturated carbocycles. The molecule has 2 aliphatic rings. The number of amides is 2. The van der Waals surface area contributed by atoms with Gasteiger partial charge < -0.3 is 4.42 Å². The quantitative estimate of drug-likeness (QED) is 0.365. The first-order chi connectivity index (χ1) is 15.1. The molecule has 5 nitrogen and oxygen atoms in total. The molecule has 1 saturated heterocycles. The Morgan fingerprint density at radius 2 is 1.65 bits per heavy atom. The third-order valence-electron chi connectivity index (χ3n) is 4.92. The van der Waals surface area contributed by atoms with E-state index in [0.29, 0.717) is 15.0 Å². The van der Waals surface area contributed by atoms with E-state index in [9.17, 15) is 9.59 Å². The van der Waals surface area contributed by atoms with Crippen molar-refractivity contribution in [1.29, 1.82) is 0 Å². The van der Waals surface area contributed by atoms with Crippen molar-refractivity contribution >= 4 is 69.3 Å². The molecular weight excluding hydrogens is 448 g/mol. The van der Waals surface area contributed by atoms with Gasteiger partial charge in [0.25, 0.3) is 5.91 Å². The van der Waals surface area contributed by atoms with Gasteiger partial charge in [-0.05, 0) is 36.4 Å². The van der Waals surface area contributed by atoms with Crippen molar-refractivity contribution in [3.8, 4) is 0 Å². The first-order valence-electron chi connectivity index (χ1n) is 9.59. The normalized spacial score (nSPS) is 16.6. The van der Waals surface area contributed by atoms with Crippen molar-refractivity contribution in [3.63, 3.8) is 0 Å². The Morgan fingerprint density at radius 3 is 2.29 bits per heavy atom. The highest BCUT2D eigenvalue weighted by atomic mass is 32.2. The number of hydrogen-bond donors (Lipinski definition) is 0. The van der Waals surface area contributed by atoms with Gasteiger partial charge in [0.1, 0.15) is 10.1 Å². The maximum atomic E-state index is 13.3. The molecule has 0 N–H and O–H groups in total. The molecule has 3 heterocycles. The van der Waals surface area contributed by atoms with Crippen molar-refractivity contribution in [2.45, 2.75) is 16.2 Å². The van der Waals surface area contributed by atoms with Crippen molar-refractivity contribution in [2.24, 2.45) is 0 Å². The predicted octanol–water partition coefficient (Wildman–Crippen LogP) is 5.70. The van der Waals surface area contributed by atoms with E-state index < -0.39 is 0 Å². The van der Waals surface area contributed by atoms with Gasteiger partial charge in [-0.2, -0.15) is 0 Å². The molecule has 154 valence electrons. The highest BCUT2D eigenvalue weighted by molar-refractivity contribution is 8.26. The summed E-state index contributed by atoms with van der Waals surface area (Å²) in [7, 11) is 0. The largest absolute Gasteiger partial charge is 0.465 e. The van der Waals surface area contributed by atoms with Crippen LogP contribution in [0.4, 0.5) is 11.4 Å². The number of fused-ring (bicyclic) bond motifs is 2. The number of thioether (sulfide) groups is 1. The first-order valence-corrected chi connectivity index (χ1v) is 11.6. The zero-order valence-corrected chi connectivity index (χ0v) is 18.6. The molecule has 0 aliphatic carbocycles. The van der Waals surface area contributed by atoms with E-state index in [1.807, 2.05) is 48.5 Å². The molecule has 2 aliphatic heterocycles. The van der Waals surface area contributed by atoms with Gasteiger partial charge in [0, 0.05) is 28.8 Å². The molecule has 8 heteroatoms. The van der Waals surface area contributed by atoms with Gasteiger partial charge in [-0.1, -0.05) is 60.0 Å². The zero-order chi connectivity index (χ0) is 21.4. The van der Waals surface area contributed by atoms with Gasteiger partial charge >= 0.3 is 0 Å². The van der Waals surface area contributed by atoms with Crippen molar-refractivity contribution in [3.05, 3.63) is 77.6 Å². The van der Waals surface area contributed by atoms with Crippen molar-refractivity contribution in [2.75, 3.05) is 11.4 Å². The lowest BCUT2D eigenvalue weighted by atomic mass is 10.2. The minimum atomic E-state index is -0.200. The van der Waals surface area contributed by atoms with Crippen LogP contribution in [0.5, 0.6) is 0 Å². The molecule has 0 bridgehead atoms. The topological polar surface area (TPSA) is 53.8 Å². The van der Waals surface area contributed by atoms with Crippen LogP contribution in [0.1, 0.15) is 12.2 Å². The van der Waals surface area contributed by atoms with E-state index in [1.165, 1.54) is 16.7 Å². The van der Waals surface area contributed by atoms with Gasteiger partial charge in [-0.25, -0.2) is 0 Å². The predicted molar refractivity (Wildman–Crippen MR) is 127 cm³/mol. The van der Waals surface area contributed by atoms with Crippen LogP contribution in [0.2, 0.25) is 0 Å². The second-order valence-electron chi connectivity index (χ2n) is 6.87. The average molecular weight is 465 g/mol. The van der Waals surface area contributed by atoms with E-state index >= 15 is 0 Å². The van der Waals surface area contributed by atoms with Gasteiger partial charge in [0.15, 0.2) is 0 Å².